The van der Waals surface area contributed by atoms with E-state index < -0.39 is 6.04 Å². The molecular formula is C15H20N2O2. The van der Waals surface area contributed by atoms with E-state index in [2.05, 4.69) is 5.32 Å². The molecule has 1 aromatic carbocycles. The molecule has 1 unspecified atom stereocenters. The lowest BCUT2D eigenvalue weighted by Crippen LogP contribution is -2.46. The fourth-order valence-electron chi connectivity index (χ4n) is 2.44. The monoisotopic (exact) mass is 260 g/mol. The quantitative estimate of drug-likeness (QED) is 0.903. The van der Waals surface area contributed by atoms with E-state index in [0.29, 0.717) is 18.5 Å². The second kappa shape index (κ2) is 5.87. The molecule has 1 aliphatic rings. The molecule has 0 saturated heterocycles. The number of anilines is 1. The van der Waals surface area contributed by atoms with Gasteiger partial charge in [-0.2, -0.15) is 0 Å². The van der Waals surface area contributed by atoms with Crippen LogP contribution in [0.5, 0.6) is 0 Å². The first-order valence-corrected chi connectivity index (χ1v) is 6.90. The molecule has 1 N–H and O–H groups in total. The Morgan fingerprint density at radius 1 is 1.16 bits per heavy atom. The average Bonchev–Trinajstić information content (AvgIpc) is 2.51. The number of para-hydroxylation sites is 1. The van der Waals surface area contributed by atoms with Crippen molar-refractivity contribution in [2.75, 3.05) is 11.4 Å². The zero-order valence-electron chi connectivity index (χ0n) is 11.5. The van der Waals surface area contributed by atoms with Gasteiger partial charge in [-0.25, -0.2) is 0 Å². The first-order chi connectivity index (χ1) is 9.19. The summed E-state index contributed by atoms with van der Waals surface area (Å²) in [5.41, 5.74) is 1.31. The third-order valence-electron chi connectivity index (χ3n) is 3.33. The van der Waals surface area contributed by atoms with Gasteiger partial charge in [-0.1, -0.05) is 32.4 Å². The van der Waals surface area contributed by atoms with Crippen LogP contribution in [0.1, 0.15) is 43.5 Å². The van der Waals surface area contributed by atoms with Crippen molar-refractivity contribution in [3.05, 3.63) is 29.8 Å². The Balaban J connectivity index is 2.44. The van der Waals surface area contributed by atoms with Gasteiger partial charge in [-0.3, -0.25) is 9.59 Å². The Hall–Kier alpha value is -1.84. The van der Waals surface area contributed by atoms with Gasteiger partial charge in [-0.05, 0) is 25.0 Å². The summed E-state index contributed by atoms with van der Waals surface area (Å²) in [6, 6.07) is 6.90. The highest BCUT2D eigenvalue weighted by Gasteiger charge is 2.32. The summed E-state index contributed by atoms with van der Waals surface area (Å²) in [5.74, 6) is -0.150. The van der Waals surface area contributed by atoms with E-state index in [1.54, 1.807) is 11.0 Å². The Bertz CT molecular complexity index is 485. The number of hydrogen-bond acceptors (Lipinski definition) is 2. The number of fused-ring (bicyclic) bond motifs is 1. The van der Waals surface area contributed by atoms with Gasteiger partial charge in [-0.15, -0.1) is 0 Å². The average molecular weight is 260 g/mol. The summed E-state index contributed by atoms with van der Waals surface area (Å²) in [7, 11) is 0. The standard InChI is InChI=1S/C15H20N2O2/c1-3-7-12-15(19)17(10-4-2)13-9-6-5-8-11(13)14(18)16-12/h5-6,8-9,12H,3-4,7,10H2,1-2H3,(H,16,18). The summed E-state index contributed by atoms with van der Waals surface area (Å²) in [6.45, 7) is 4.69. The molecule has 0 saturated carbocycles. The first kappa shape index (κ1) is 13.6. The maximum absolute atomic E-state index is 12.5. The summed E-state index contributed by atoms with van der Waals surface area (Å²) in [6.07, 6.45) is 2.42. The van der Waals surface area contributed by atoms with Crippen molar-refractivity contribution in [1.82, 2.24) is 5.32 Å². The number of hydrogen-bond donors (Lipinski definition) is 1. The molecule has 2 amide bonds. The lowest BCUT2D eigenvalue weighted by Gasteiger charge is -2.24. The van der Waals surface area contributed by atoms with E-state index >= 15 is 0 Å². The molecule has 4 heteroatoms. The van der Waals surface area contributed by atoms with Crippen LogP contribution in [0.4, 0.5) is 5.69 Å². The van der Waals surface area contributed by atoms with E-state index in [0.717, 1.165) is 18.5 Å². The molecule has 4 nitrogen and oxygen atoms in total. The third kappa shape index (κ3) is 2.62. The van der Waals surface area contributed by atoms with E-state index in [4.69, 9.17) is 0 Å². The van der Waals surface area contributed by atoms with E-state index in [1.807, 2.05) is 32.0 Å². The van der Waals surface area contributed by atoms with Crippen LogP contribution in [-0.2, 0) is 4.79 Å². The van der Waals surface area contributed by atoms with Crippen LogP contribution in [0.3, 0.4) is 0 Å². The minimum Gasteiger partial charge on any atom is -0.340 e. The molecule has 0 fully saturated rings. The lowest BCUT2D eigenvalue weighted by molar-refractivity contribution is -0.120. The first-order valence-electron chi connectivity index (χ1n) is 6.90. The van der Waals surface area contributed by atoms with Crippen LogP contribution >= 0.6 is 0 Å². The van der Waals surface area contributed by atoms with Gasteiger partial charge in [0, 0.05) is 6.54 Å². The van der Waals surface area contributed by atoms with Gasteiger partial charge in [0.15, 0.2) is 0 Å². The number of benzene rings is 1. The van der Waals surface area contributed by atoms with Crippen LogP contribution < -0.4 is 10.2 Å². The Kier molecular flexibility index (Phi) is 4.20. The smallest absolute Gasteiger partial charge is 0.254 e. The van der Waals surface area contributed by atoms with Gasteiger partial charge in [0.1, 0.15) is 6.04 Å². The maximum atomic E-state index is 12.5. The highest BCUT2D eigenvalue weighted by molar-refractivity contribution is 6.10. The van der Waals surface area contributed by atoms with Crippen LogP contribution in [-0.4, -0.2) is 24.4 Å². The minimum atomic E-state index is -0.406. The highest BCUT2D eigenvalue weighted by atomic mass is 16.2. The van der Waals surface area contributed by atoms with Crippen molar-refractivity contribution in [2.45, 2.75) is 39.2 Å². The fourth-order valence-corrected chi connectivity index (χ4v) is 2.44. The number of carbonyl (C=O) groups excluding carboxylic acids is 2. The SMILES string of the molecule is CCCC1NC(=O)c2ccccc2N(CCC)C1=O. The van der Waals surface area contributed by atoms with Crippen molar-refractivity contribution in [3.8, 4) is 0 Å². The molecule has 19 heavy (non-hydrogen) atoms. The maximum Gasteiger partial charge on any atom is 0.254 e. The van der Waals surface area contributed by atoms with Gasteiger partial charge < -0.3 is 10.2 Å². The molecule has 0 spiro atoms. The van der Waals surface area contributed by atoms with Crippen LogP contribution in [0, 0.1) is 0 Å². The van der Waals surface area contributed by atoms with Crippen molar-refractivity contribution < 1.29 is 9.59 Å². The topological polar surface area (TPSA) is 49.4 Å². The van der Waals surface area contributed by atoms with Crippen molar-refractivity contribution >= 4 is 17.5 Å². The third-order valence-corrected chi connectivity index (χ3v) is 3.33. The van der Waals surface area contributed by atoms with Gasteiger partial charge >= 0.3 is 0 Å². The molecule has 1 aliphatic heterocycles. The van der Waals surface area contributed by atoms with Gasteiger partial charge in [0.2, 0.25) is 5.91 Å². The van der Waals surface area contributed by atoms with E-state index in [1.165, 1.54) is 0 Å². The largest absolute Gasteiger partial charge is 0.340 e. The van der Waals surface area contributed by atoms with Crippen LogP contribution in [0.25, 0.3) is 0 Å². The van der Waals surface area contributed by atoms with Crippen molar-refractivity contribution in [1.29, 1.82) is 0 Å². The molecule has 102 valence electrons. The molecular weight excluding hydrogens is 240 g/mol. The number of carbonyl (C=O) groups is 2. The second-order valence-corrected chi connectivity index (χ2v) is 4.82. The number of rotatable bonds is 4. The summed E-state index contributed by atoms with van der Waals surface area (Å²) in [5, 5.41) is 2.84. The zero-order valence-corrected chi connectivity index (χ0v) is 11.5. The minimum absolute atomic E-state index is 0.00185. The number of nitrogens with zero attached hydrogens (tertiary/aromatic N) is 1. The predicted molar refractivity (Wildman–Crippen MR) is 75.2 cm³/mol. The van der Waals surface area contributed by atoms with Gasteiger partial charge in [0.05, 0.1) is 11.3 Å². The van der Waals surface area contributed by atoms with Gasteiger partial charge in [0.25, 0.3) is 5.91 Å². The van der Waals surface area contributed by atoms with Crippen LogP contribution in [0.15, 0.2) is 24.3 Å². The number of amides is 2. The highest BCUT2D eigenvalue weighted by Crippen LogP contribution is 2.25. The molecule has 1 heterocycles. The Labute approximate surface area is 113 Å². The molecule has 1 aromatic rings. The normalized spacial score (nSPS) is 18.8. The zero-order chi connectivity index (χ0) is 13.8. The molecule has 0 bridgehead atoms. The summed E-state index contributed by atoms with van der Waals surface area (Å²) in [4.78, 5) is 26.5. The molecule has 0 aliphatic carbocycles. The fraction of sp³-hybridized carbons (Fsp3) is 0.467. The molecule has 0 aromatic heterocycles. The molecule has 1 atom stereocenters. The van der Waals surface area contributed by atoms with Crippen molar-refractivity contribution in [3.63, 3.8) is 0 Å². The van der Waals surface area contributed by atoms with Crippen molar-refractivity contribution in [2.24, 2.45) is 0 Å². The molecule has 0 radical (unpaired) electrons. The van der Waals surface area contributed by atoms with E-state index in [9.17, 15) is 9.59 Å². The second-order valence-electron chi connectivity index (χ2n) is 4.82. The predicted octanol–water partition coefficient (Wildman–Crippen LogP) is 2.34. The lowest BCUT2D eigenvalue weighted by atomic mass is 10.1. The summed E-state index contributed by atoms with van der Waals surface area (Å²) < 4.78 is 0. The molecule has 2 rings (SSSR count). The Morgan fingerprint density at radius 3 is 2.58 bits per heavy atom. The van der Waals surface area contributed by atoms with E-state index in [-0.39, 0.29) is 11.8 Å². The Morgan fingerprint density at radius 2 is 1.89 bits per heavy atom. The van der Waals surface area contributed by atoms with Crippen LogP contribution in [0.2, 0.25) is 0 Å². The number of nitrogens with one attached hydrogen (secondary N) is 1. The summed E-state index contributed by atoms with van der Waals surface area (Å²) >= 11 is 0.